The van der Waals surface area contributed by atoms with Crippen LogP contribution in [0.3, 0.4) is 0 Å². The van der Waals surface area contributed by atoms with Gasteiger partial charge in [-0.25, -0.2) is 0 Å². The third-order valence-electron chi connectivity index (χ3n) is 12.0. The van der Waals surface area contributed by atoms with E-state index in [4.69, 9.17) is 14.2 Å². The van der Waals surface area contributed by atoms with Gasteiger partial charge in [-0.15, -0.1) is 0 Å². The van der Waals surface area contributed by atoms with E-state index in [2.05, 4.69) is 167 Å². The Morgan fingerprint density at radius 2 is 0.507 bits per heavy atom. The van der Waals surface area contributed by atoms with Crippen molar-refractivity contribution in [3.8, 4) is 0 Å². The SMILES string of the molecule is CC/C=C\C/C=C\C/C=C\C/C=C\C/C=C\C/C=C\CCCCCCCCCCCCCCC(=O)OCC(COC(=O)CCCCC/C=C\C/C=C\C/C=C\CC)OC(=O)CC/C=C\C/C=C\C/C=C\C/C=C\CC. The van der Waals surface area contributed by atoms with Gasteiger partial charge in [-0.2, -0.15) is 0 Å². The number of hydrogen-bond acceptors (Lipinski definition) is 6. The molecule has 0 N–H and O–H groups in total. The molecule has 0 saturated heterocycles. The second-order valence-electron chi connectivity index (χ2n) is 19.1. The molecular formula is C69H108O6. The molecule has 0 radical (unpaired) electrons. The van der Waals surface area contributed by atoms with Gasteiger partial charge in [0.05, 0.1) is 0 Å². The smallest absolute Gasteiger partial charge is 0.306 e. The second-order valence-corrected chi connectivity index (χ2v) is 19.1. The van der Waals surface area contributed by atoms with Crippen molar-refractivity contribution in [1.82, 2.24) is 0 Å². The molecule has 0 fully saturated rings. The molecule has 0 aromatic rings. The molecular weight excluding hydrogens is 925 g/mol. The standard InChI is InChI=1S/C69H108O6/c1-4-7-10-13-16-19-22-25-26-27-28-29-30-31-32-33-34-35-36-37-38-39-40-41-42-45-47-50-53-56-59-62-68(71)74-65-66(75-69(72)63-60-57-54-51-48-44-24-21-18-15-12-9-6-3)64-73-67(70)61-58-55-52-49-46-43-23-20-17-14-11-8-5-2/h7-12,16-21,25-26,28-29,31-32,34-35,43-44,46,48,54,57,66H,4-6,13-15,22-24,27,30,33,36-42,45,47,49-53,55-56,58-65H2,1-3H3/b10-7-,11-8-,12-9-,19-16-,20-17-,21-18-,26-25-,29-28-,32-31-,35-34-,46-43-,48-44-,57-54-. The highest BCUT2D eigenvalue weighted by Crippen LogP contribution is 2.14. The fraction of sp³-hybridized carbons (Fsp3) is 0.580. The van der Waals surface area contributed by atoms with Crippen LogP contribution in [-0.4, -0.2) is 37.2 Å². The van der Waals surface area contributed by atoms with Gasteiger partial charge >= 0.3 is 17.9 Å². The van der Waals surface area contributed by atoms with E-state index < -0.39 is 12.1 Å². The van der Waals surface area contributed by atoms with Crippen LogP contribution in [0, 0.1) is 0 Å². The molecule has 0 aromatic heterocycles. The van der Waals surface area contributed by atoms with Crippen LogP contribution in [0.2, 0.25) is 0 Å². The third kappa shape index (κ3) is 59.8. The first-order valence-corrected chi connectivity index (χ1v) is 30.0. The van der Waals surface area contributed by atoms with Crippen LogP contribution in [0.1, 0.15) is 239 Å². The fourth-order valence-electron chi connectivity index (χ4n) is 7.65. The summed E-state index contributed by atoms with van der Waals surface area (Å²) in [6.07, 6.45) is 89.9. The molecule has 0 heterocycles. The van der Waals surface area contributed by atoms with Gasteiger partial charge in [0.25, 0.3) is 0 Å². The predicted molar refractivity (Wildman–Crippen MR) is 325 cm³/mol. The van der Waals surface area contributed by atoms with E-state index in [-0.39, 0.29) is 31.6 Å². The quantitative estimate of drug-likeness (QED) is 0.0261. The lowest BCUT2D eigenvalue weighted by molar-refractivity contribution is -0.166. The minimum atomic E-state index is -0.835. The van der Waals surface area contributed by atoms with Crippen LogP contribution in [0.15, 0.2) is 158 Å². The number of carbonyl (C=O) groups excluding carboxylic acids is 3. The first-order chi connectivity index (χ1) is 37.0. The largest absolute Gasteiger partial charge is 0.462 e. The van der Waals surface area contributed by atoms with E-state index in [1.165, 1.54) is 64.2 Å². The molecule has 420 valence electrons. The average molecular weight is 1030 g/mol. The maximum Gasteiger partial charge on any atom is 0.306 e. The van der Waals surface area contributed by atoms with Gasteiger partial charge in [-0.3, -0.25) is 14.4 Å². The molecule has 0 spiro atoms. The number of ether oxygens (including phenoxy) is 3. The van der Waals surface area contributed by atoms with E-state index in [1.54, 1.807) is 0 Å². The van der Waals surface area contributed by atoms with Gasteiger partial charge in [0.1, 0.15) is 13.2 Å². The Morgan fingerprint density at radius 1 is 0.267 bits per heavy atom. The van der Waals surface area contributed by atoms with Crippen molar-refractivity contribution in [3.05, 3.63) is 158 Å². The molecule has 0 saturated carbocycles. The van der Waals surface area contributed by atoms with Crippen LogP contribution in [0.4, 0.5) is 0 Å². The normalized spacial score (nSPS) is 13.3. The summed E-state index contributed by atoms with van der Waals surface area (Å²) in [7, 11) is 0. The van der Waals surface area contributed by atoms with Gasteiger partial charge in [0.15, 0.2) is 6.10 Å². The summed E-state index contributed by atoms with van der Waals surface area (Å²) >= 11 is 0. The number of hydrogen-bond donors (Lipinski definition) is 0. The van der Waals surface area contributed by atoms with E-state index in [0.717, 1.165) is 128 Å². The Kier molecular flexibility index (Phi) is 57.5. The molecule has 0 aliphatic carbocycles. The molecule has 0 aliphatic heterocycles. The third-order valence-corrected chi connectivity index (χ3v) is 12.0. The number of esters is 3. The molecule has 1 unspecified atom stereocenters. The Morgan fingerprint density at radius 3 is 0.813 bits per heavy atom. The van der Waals surface area contributed by atoms with Crippen LogP contribution in [0.5, 0.6) is 0 Å². The van der Waals surface area contributed by atoms with Crippen molar-refractivity contribution in [2.24, 2.45) is 0 Å². The predicted octanol–water partition coefficient (Wildman–Crippen LogP) is 20.5. The highest BCUT2D eigenvalue weighted by atomic mass is 16.6. The van der Waals surface area contributed by atoms with Crippen LogP contribution >= 0.6 is 0 Å². The zero-order valence-corrected chi connectivity index (χ0v) is 48.0. The van der Waals surface area contributed by atoms with Crippen molar-refractivity contribution >= 4 is 17.9 Å². The maximum atomic E-state index is 12.8. The monoisotopic (exact) mass is 1030 g/mol. The highest BCUT2D eigenvalue weighted by molar-refractivity contribution is 5.71. The zero-order valence-electron chi connectivity index (χ0n) is 48.0. The summed E-state index contributed by atoms with van der Waals surface area (Å²) in [6, 6.07) is 0. The van der Waals surface area contributed by atoms with E-state index >= 15 is 0 Å². The van der Waals surface area contributed by atoms with Crippen molar-refractivity contribution < 1.29 is 28.6 Å². The minimum absolute atomic E-state index is 0.123. The summed E-state index contributed by atoms with van der Waals surface area (Å²) in [4.78, 5) is 38.1. The summed E-state index contributed by atoms with van der Waals surface area (Å²) in [6.45, 7) is 6.19. The molecule has 0 aliphatic rings. The first-order valence-electron chi connectivity index (χ1n) is 30.0. The highest BCUT2D eigenvalue weighted by Gasteiger charge is 2.19. The Bertz CT molecular complexity index is 1710. The van der Waals surface area contributed by atoms with E-state index in [1.807, 2.05) is 12.2 Å². The van der Waals surface area contributed by atoms with Crippen LogP contribution in [0.25, 0.3) is 0 Å². The second kappa shape index (κ2) is 61.6. The molecule has 1 atom stereocenters. The Labute approximate surface area is 460 Å². The lowest BCUT2D eigenvalue weighted by Gasteiger charge is -2.18. The van der Waals surface area contributed by atoms with Crippen LogP contribution < -0.4 is 0 Å². The van der Waals surface area contributed by atoms with Crippen molar-refractivity contribution in [2.45, 2.75) is 245 Å². The molecule has 6 nitrogen and oxygen atoms in total. The molecule has 6 heteroatoms. The molecule has 0 bridgehead atoms. The molecule has 0 aromatic carbocycles. The number of rotatable bonds is 52. The van der Waals surface area contributed by atoms with Gasteiger partial charge in [-0.1, -0.05) is 249 Å². The van der Waals surface area contributed by atoms with Gasteiger partial charge in [-0.05, 0) is 128 Å². The van der Waals surface area contributed by atoms with Gasteiger partial charge in [0, 0.05) is 19.3 Å². The Hall–Kier alpha value is -4.97. The number of carbonyl (C=O) groups is 3. The minimum Gasteiger partial charge on any atom is -0.462 e. The fourth-order valence-corrected chi connectivity index (χ4v) is 7.65. The summed E-state index contributed by atoms with van der Waals surface area (Å²) in [5.41, 5.74) is 0. The lowest BCUT2D eigenvalue weighted by Crippen LogP contribution is -2.30. The molecule has 0 amide bonds. The topological polar surface area (TPSA) is 78.9 Å². The van der Waals surface area contributed by atoms with Crippen molar-refractivity contribution in [1.29, 1.82) is 0 Å². The zero-order chi connectivity index (χ0) is 54.3. The van der Waals surface area contributed by atoms with Crippen LogP contribution in [-0.2, 0) is 28.6 Å². The van der Waals surface area contributed by atoms with Crippen molar-refractivity contribution in [2.75, 3.05) is 13.2 Å². The van der Waals surface area contributed by atoms with Gasteiger partial charge in [0.2, 0.25) is 0 Å². The summed E-state index contributed by atoms with van der Waals surface area (Å²) in [5.74, 6) is -1.05. The van der Waals surface area contributed by atoms with E-state index in [9.17, 15) is 14.4 Å². The Balaban J connectivity index is 4.29. The summed E-state index contributed by atoms with van der Waals surface area (Å²) in [5, 5.41) is 0. The average Bonchev–Trinajstić information content (AvgIpc) is 3.41. The molecule has 0 rings (SSSR count). The number of allylic oxidation sites excluding steroid dienone is 26. The first kappa shape index (κ1) is 70.0. The molecule has 75 heavy (non-hydrogen) atoms. The maximum absolute atomic E-state index is 12.8. The number of unbranched alkanes of at least 4 members (excludes halogenated alkanes) is 15. The van der Waals surface area contributed by atoms with E-state index in [0.29, 0.717) is 19.3 Å². The van der Waals surface area contributed by atoms with Gasteiger partial charge < -0.3 is 14.2 Å². The summed E-state index contributed by atoms with van der Waals surface area (Å²) < 4.78 is 16.7. The lowest BCUT2D eigenvalue weighted by atomic mass is 10.0. The van der Waals surface area contributed by atoms with Crippen molar-refractivity contribution in [3.63, 3.8) is 0 Å².